The van der Waals surface area contributed by atoms with E-state index in [2.05, 4.69) is 58.7 Å². The van der Waals surface area contributed by atoms with Crippen LogP contribution >= 0.6 is 0 Å². The predicted octanol–water partition coefficient (Wildman–Crippen LogP) is 6.32. The van der Waals surface area contributed by atoms with E-state index in [1.807, 2.05) is 6.07 Å². The van der Waals surface area contributed by atoms with E-state index in [4.69, 9.17) is 9.47 Å². The van der Waals surface area contributed by atoms with E-state index in [1.54, 1.807) is 25.1 Å². The average molecular weight is 543 g/mol. The Morgan fingerprint density at radius 1 is 0.974 bits per heavy atom. The molecule has 38 heavy (non-hydrogen) atoms. The van der Waals surface area contributed by atoms with Crippen LogP contribution in [0, 0.1) is 10.8 Å². The van der Waals surface area contributed by atoms with Crippen molar-refractivity contribution in [3.8, 4) is 5.75 Å². The molecule has 0 bridgehead atoms. The highest BCUT2D eigenvalue weighted by molar-refractivity contribution is 7.90. The van der Waals surface area contributed by atoms with Crippen LogP contribution in [0.2, 0.25) is 0 Å². The first-order chi connectivity index (χ1) is 17.7. The second-order valence-electron chi connectivity index (χ2n) is 12.2. The third-order valence-electron chi connectivity index (χ3n) is 5.92. The van der Waals surface area contributed by atoms with Crippen molar-refractivity contribution in [3.63, 3.8) is 0 Å². The lowest BCUT2D eigenvalue weighted by molar-refractivity contribution is -0.141. The summed E-state index contributed by atoms with van der Waals surface area (Å²) in [6.45, 7) is 15.7. The van der Waals surface area contributed by atoms with Crippen LogP contribution in [-0.2, 0) is 32.4 Å². The van der Waals surface area contributed by atoms with Gasteiger partial charge in [-0.25, -0.2) is 13.4 Å². The molecule has 0 saturated heterocycles. The Labute approximate surface area is 228 Å². The van der Waals surface area contributed by atoms with E-state index >= 15 is 0 Å². The molecule has 0 atom stereocenters. The minimum absolute atomic E-state index is 0.0895. The Kier molecular flexibility index (Phi) is 9.29. The van der Waals surface area contributed by atoms with Gasteiger partial charge in [-0.1, -0.05) is 65.8 Å². The number of hydrogen-bond donors (Lipinski definition) is 0. The Morgan fingerprint density at radius 3 is 2.32 bits per heavy atom. The van der Waals surface area contributed by atoms with Gasteiger partial charge in [0.2, 0.25) is 0 Å². The van der Waals surface area contributed by atoms with Crippen molar-refractivity contribution >= 4 is 27.5 Å². The van der Waals surface area contributed by atoms with Crippen molar-refractivity contribution in [1.29, 1.82) is 0 Å². The van der Waals surface area contributed by atoms with Gasteiger partial charge in [-0.15, -0.1) is 0 Å². The molecule has 208 valence electrons. The second kappa shape index (κ2) is 11.9. The van der Waals surface area contributed by atoms with Crippen LogP contribution in [0.15, 0.2) is 52.4 Å². The fourth-order valence-electron chi connectivity index (χ4n) is 4.53. The third kappa shape index (κ3) is 8.06. The van der Waals surface area contributed by atoms with Crippen molar-refractivity contribution in [1.82, 2.24) is 4.31 Å². The number of carbonyl (C=O) groups is 1. The highest BCUT2D eigenvalue weighted by Crippen LogP contribution is 2.34. The summed E-state index contributed by atoms with van der Waals surface area (Å²) in [6.07, 6.45) is 2.06. The van der Waals surface area contributed by atoms with Crippen molar-refractivity contribution in [3.05, 3.63) is 53.6 Å². The number of benzene rings is 2. The van der Waals surface area contributed by atoms with Crippen LogP contribution in [0.25, 0.3) is 0 Å². The number of amidine groups is 1. The zero-order chi connectivity index (χ0) is 28.1. The first-order valence-corrected chi connectivity index (χ1v) is 14.7. The van der Waals surface area contributed by atoms with Gasteiger partial charge < -0.3 is 9.47 Å². The third-order valence-corrected chi connectivity index (χ3v) is 7.80. The minimum atomic E-state index is -3.85. The van der Waals surface area contributed by atoms with Crippen molar-refractivity contribution in [2.45, 2.75) is 79.0 Å². The van der Waals surface area contributed by atoms with Crippen molar-refractivity contribution < 1.29 is 22.7 Å². The number of fused-ring (bicyclic) bond motifs is 1. The maximum atomic E-state index is 13.4. The number of para-hydroxylation sites is 1. The molecule has 2 aromatic rings. The number of hydrogen-bond acceptors (Lipinski definition) is 6. The maximum Gasteiger partial charge on any atom is 0.313 e. The van der Waals surface area contributed by atoms with E-state index in [0.29, 0.717) is 18.7 Å². The number of ether oxygens (including phenoxy) is 2. The van der Waals surface area contributed by atoms with E-state index in [9.17, 15) is 13.2 Å². The van der Waals surface area contributed by atoms with Crippen molar-refractivity contribution in [2.24, 2.45) is 15.8 Å². The van der Waals surface area contributed by atoms with Crippen LogP contribution in [0.4, 0.5) is 5.69 Å². The summed E-state index contributed by atoms with van der Waals surface area (Å²) in [5.41, 5.74) is 3.04. The molecule has 3 rings (SSSR count). The van der Waals surface area contributed by atoms with Gasteiger partial charge in [0.15, 0.2) is 0 Å². The molecular weight excluding hydrogens is 500 g/mol. The monoisotopic (exact) mass is 542 g/mol. The first-order valence-electron chi connectivity index (χ1n) is 13.3. The van der Waals surface area contributed by atoms with Crippen LogP contribution in [0.3, 0.4) is 0 Å². The molecule has 1 heterocycles. The number of rotatable bonds is 10. The summed E-state index contributed by atoms with van der Waals surface area (Å²) in [5.74, 6) is 0.483. The lowest BCUT2D eigenvalue weighted by Crippen LogP contribution is -2.41. The highest BCUT2D eigenvalue weighted by atomic mass is 32.2. The van der Waals surface area contributed by atoms with Crippen molar-refractivity contribution in [2.75, 3.05) is 19.8 Å². The Balaban J connectivity index is 1.76. The van der Waals surface area contributed by atoms with Gasteiger partial charge in [0.1, 0.15) is 22.9 Å². The van der Waals surface area contributed by atoms with Crippen LogP contribution < -0.4 is 4.74 Å². The Morgan fingerprint density at radius 2 is 1.66 bits per heavy atom. The number of aliphatic imine (C=N–C) groups is 1. The largest absolute Gasteiger partial charge is 0.493 e. The summed E-state index contributed by atoms with van der Waals surface area (Å²) in [6, 6.07) is 13.0. The molecule has 0 unspecified atom stereocenters. The standard InChI is InChI=1S/C30H42N2O5S/c1-8-36-28(33)19-27-31-24-12-9-10-13-26(24)38(34,35)32(27)16-11-17-37-25-15-14-22(20-29(2,3)4)18-23(25)21-30(5,6)7/h9-10,12-15,18H,8,11,16-17,19-21H2,1-7H3. The van der Waals surface area contributed by atoms with E-state index < -0.39 is 16.0 Å². The Hall–Kier alpha value is -2.87. The van der Waals surface area contributed by atoms with E-state index in [0.717, 1.165) is 24.2 Å². The number of carbonyl (C=O) groups excluding carboxylic acids is 1. The summed E-state index contributed by atoms with van der Waals surface area (Å²) < 4.78 is 39.3. The molecule has 0 N–H and O–H groups in total. The molecular formula is C30H42N2O5S. The molecule has 1 aliphatic rings. The van der Waals surface area contributed by atoms with Gasteiger partial charge in [0.05, 0.1) is 18.9 Å². The molecule has 0 aliphatic carbocycles. The summed E-state index contributed by atoms with van der Waals surface area (Å²) in [5, 5.41) is 0. The van der Waals surface area contributed by atoms with Crippen LogP contribution in [-0.4, -0.2) is 44.3 Å². The molecule has 8 heteroatoms. The SMILES string of the molecule is CCOC(=O)CC1=Nc2ccccc2S(=O)(=O)N1CCCOc1ccc(CC(C)(C)C)cc1CC(C)(C)C. The molecule has 0 fully saturated rings. The van der Waals surface area contributed by atoms with Gasteiger partial charge in [0.25, 0.3) is 10.0 Å². The predicted molar refractivity (Wildman–Crippen MR) is 152 cm³/mol. The molecule has 0 aromatic heterocycles. The van der Waals surface area contributed by atoms with E-state index in [1.165, 1.54) is 15.9 Å². The minimum Gasteiger partial charge on any atom is -0.493 e. The second-order valence-corrected chi connectivity index (χ2v) is 14.0. The smallest absolute Gasteiger partial charge is 0.313 e. The molecule has 2 aromatic carbocycles. The zero-order valence-electron chi connectivity index (χ0n) is 23.8. The molecule has 1 aliphatic heterocycles. The lowest BCUT2D eigenvalue weighted by atomic mass is 9.84. The van der Waals surface area contributed by atoms with Gasteiger partial charge in [-0.2, -0.15) is 0 Å². The maximum absolute atomic E-state index is 13.4. The molecule has 7 nitrogen and oxygen atoms in total. The quantitative estimate of drug-likeness (QED) is 0.259. The summed E-state index contributed by atoms with van der Waals surface area (Å²) in [4.78, 5) is 16.8. The van der Waals surface area contributed by atoms with Gasteiger partial charge in [0, 0.05) is 13.0 Å². The number of sulfonamides is 1. The first kappa shape index (κ1) is 29.7. The van der Waals surface area contributed by atoms with Gasteiger partial charge in [-0.3, -0.25) is 9.10 Å². The number of nitrogens with zero attached hydrogens (tertiary/aromatic N) is 2. The zero-order valence-corrected chi connectivity index (χ0v) is 24.7. The summed E-state index contributed by atoms with van der Waals surface area (Å²) >= 11 is 0. The van der Waals surface area contributed by atoms with Crippen LogP contribution in [0.1, 0.15) is 72.4 Å². The molecule has 0 saturated carbocycles. The fourth-order valence-corrected chi connectivity index (χ4v) is 6.15. The summed E-state index contributed by atoms with van der Waals surface area (Å²) in [7, 11) is -3.85. The molecule has 0 amide bonds. The Bertz CT molecular complexity index is 1270. The normalized spacial score (nSPS) is 15.0. The van der Waals surface area contributed by atoms with Gasteiger partial charge >= 0.3 is 5.97 Å². The highest BCUT2D eigenvalue weighted by Gasteiger charge is 2.34. The van der Waals surface area contributed by atoms with E-state index in [-0.39, 0.29) is 41.1 Å². The van der Waals surface area contributed by atoms with Crippen LogP contribution in [0.5, 0.6) is 5.75 Å². The number of esters is 1. The lowest BCUT2D eigenvalue weighted by Gasteiger charge is -2.29. The molecule has 0 spiro atoms. The fraction of sp³-hybridized carbons (Fsp3) is 0.533. The van der Waals surface area contributed by atoms with Gasteiger partial charge in [-0.05, 0) is 59.9 Å². The topological polar surface area (TPSA) is 85.3 Å². The molecule has 0 radical (unpaired) electrons. The average Bonchev–Trinajstić information content (AvgIpc) is 2.77.